The van der Waals surface area contributed by atoms with E-state index in [0.717, 1.165) is 5.56 Å². The molecular formula is C23H25N3O4. The Morgan fingerprint density at radius 2 is 1.97 bits per heavy atom. The summed E-state index contributed by atoms with van der Waals surface area (Å²) in [5.41, 5.74) is 2.98. The van der Waals surface area contributed by atoms with E-state index < -0.39 is 6.04 Å². The largest absolute Gasteiger partial charge is 0.508 e. The van der Waals surface area contributed by atoms with Gasteiger partial charge in [0.1, 0.15) is 22.9 Å². The van der Waals surface area contributed by atoms with Gasteiger partial charge in [-0.2, -0.15) is 5.10 Å². The van der Waals surface area contributed by atoms with Gasteiger partial charge in [0.2, 0.25) is 0 Å². The Morgan fingerprint density at radius 3 is 2.70 bits per heavy atom. The Hall–Kier alpha value is -3.32. The second kappa shape index (κ2) is 8.20. The van der Waals surface area contributed by atoms with Gasteiger partial charge in [0.05, 0.1) is 12.1 Å². The SMILES string of the molecule is CC(C)OCCCN1C(=O)c2[nH]nc(-c3ccccc3O)c2C1c1cccc(O)c1. The molecule has 7 nitrogen and oxygen atoms in total. The fraction of sp³-hybridized carbons (Fsp3) is 0.304. The first-order valence-corrected chi connectivity index (χ1v) is 10.1. The average molecular weight is 407 g/mol. The lowest BCUT2D eigenvalue weighted by Gasteiger charge is -2.26. The van der Waals surface area contributed by atoms with Crippen molar-refractivity contribution in [2.75, 3.05) is 13.2 Å². The molecule has 2 aromatic carbocycles. The number of H-pyrrole nitrogens is 1. The lowest BCUT2D eigenvalue weighted by atomic mass is 9.95. The van der Waals surface area contributed by atoms with Crippen LogP contribution in [0.15, 0.2) is 48.5 Å². The lowest BCUT2D eigenvalue weighted by molar-refractivity contribution is 0.0601. The first-order valence-electron chi connectivity index (χ1n) is 10.1. The molecule has 2 heterocycles. The number of hydrogen-bond acceptors (Lipinski definition) is 5. The molecule has 30 heavy (non-hydrogen) atoms. The molecule has 1 atom stereocenters. The fourth-order valence-electron chi connectivity index (χ4n) is 3.90. The highest BCUT2D eigenvalue weighted by Crippen LogP contribution is 2.44. The summed E-state index contributed by atoms with van der Waals surface area (Å²) in [5, 5.41) is 27.6. The van der Waals surface area contributed by atoms with Crippen molar-refractivity contribution in [2.45, 2.75) is 32.4 Å². The molecule has 7 heteroatoms. The van der Waals surface area contributed by atoms with Crippen LogP contribution in [-0.2, 0) is 4.74 Å². The molecule has 0 saturated carbocycles. The summed E-state index contributed by atoms with van der Waals surface area (Å²) >= 11 is 0. The molecule has 3 N–H and O–H groups in total. The summed E-state index contributed by atoms with van der Waals surface area (Å²) in [6.45, 7) is 5.00. The molecule has 0 bridgehead atoms. The molecule has 1 aliphatic rings. The van der Waals surface area contributed by atoms with Crippen molar-refractivity contribution in [3.05, 3.63) is 65.4 Å². The van der Waals surface area contributed by atoms with Gasteiger partial charge in [-0.1, -0.05) is 24.3 Å². The summed E-state index contributed by atoms with van der Waals surface area (Å²) in [4.78, 5) is 15.0. The smallest absolute Gasteiger partial charge is 0.273 e. The van der Waals surface area contributed by atoms with Crippen LogP contribution in [0.4, 0.5) is 0 Å². The van der Waals surface area contributed by atoms with Crippen LogP contribution in [0.5, 0.6) is 11.5 Å². The Labute approximate surface area is 174 Å². The number of nitrogens with zero attached hydrogens (tertiary/aromatic N) is 2. The highest BCUT2D eigenvalue weighted by molar-refractivity contribution is 6.00. The standard InChI is InChI=1S/C23H25N3O4/c1-14(2)30-12-6-11-26-22(15-7-5-8-16(27)13-15)19-20(24-25-21(19)23(26)29)17-9-3-4-10-18(17)28/h3-5,7-10,13-14,22,27-28H,6,11-12H2,1-2H3,(H,24,25). The van der Waals surface area contributed by atoms with Gasteiger partial charge in [-0.3, -0.25) is 9.89 Å². The number of carbonyl (C=O) groups excluding carboxylic acids is 1. The fourth-order valence-corrected chi connectivity index (χ4v) is 3.90. The first kappa shape index (κ1) is 20.0. The van der Waals surface area contributed by atoms with E-state index >= 15 is 0 Å². The third-order valence-corrected chi connectivity index (χ3v) is 5.20. The number of para-hydroxylation sites is 1. The highest BCUT2D eigenvalue weighted by Gasteiger charge is 2.42. The molecule has 3 aromatic rings. The maximum absolute atomic E-state index is 13.2. The molecular weight excluding hydrogens is 382 g/mol. The molecule has 156 valence electrons. The van der Waals surface area contributed by atoms with Gasteiger partial charge in [-0.05, 0) is 50.1 Å². The van der Waals surface area contributed by atoms with E-state index in [2.05, 4.69) is 10.2 Å². The summed E-state index contributed by atoms with van der Waals surface area (Å²) in [6.07, 6.45) is 0.814. The molecule has 0 fully saturated rings. The minimum absolute atomic E-state index is 0.0951. The number of amides is 1. The molecule has 1 amide bonds. The zero-order valence-corrected chi connectivity index (χ0v) is 17.0. The normalized spacial score (nSPS) is 15.8. The number of aromatic amines is 1. The third kappa shape index (κ3) is 3.64. The van der Waals surface area contributed by atoms with Crippen LogP contribution in [0, 0.1) is 0 Å². The van der Waals surface area contributed by atoms with Crippen molar-refractivity contribution in [1.82, 2.24) is 15.1 Å². The number of rotatable bonds is 7. The maximum Gasteiger partial charge on any atom is 0.273 e. The average Bonchev–Trinajstić information content (AvgIpc) is 3.25. The van der Waals surface area contributed by atoms with Gasteiger partial charge >= 0.3 is 0 Å². The van der Waals surface area contributed by atoms with Crippen LogP contribution >= 0.6 is 0 Å². The minimum Gasteiger partial charge on any atom is -0.508 e. The molecule has 0 spiro atoms. The second-order valence-corrected chi connectivity index (χ2v) is 7.65. The van der Waals surface area contributed by atoms with E-state index in [1.807, 2.05) is 26.0 Å². The Morgan fingerprint density at radius 1 is 1.17 bits per heavy atom. The molecule has 1 unspecified atom stereocenters. The van der Waals surface area contributed by atoms with E-state index in [4.69, 9.17) is 4.74 Å². The van der Waals surface area contributed by atoms with Gasteiger partial charge in [0, 0.05) is 24.3 Å². The van der Waals surface area contributed by atoms with Crippen LogP contribution in [0.25, 0.3) is 11.3 Å². The van der Waals surface area contributed by atoms with Crippen molar-refractivity contribution in [2.24, 2.45) is 0 Å². The summed E-state index contributed by atoms with van der Waals surface area (Å²) in [7, 11) is 0. The first-order chi connectivity index (χ1) is 14.5. The van der Waals surface area contributed by atoms with Gasteiger partial charge < -0.3 is 19.8 Å². The lowest BCUT2D eigenvalue weighted by Crippen LogP contribution is -2.31. The van der Waals surface area contributed by atoms with E-state index in [1.165, 1.54) is 0 Å². The van der Waals surface area contributed by atoms with E-state index in [0.29, 0.717) is 42.1 Å². The summed E-state index contributed by atoms with van der Waals surface area (Å²) in [6, 6.07) is 13.4. The molecule has 1 aliphatic heterocycles. The Kier molecular flexibility index (Phi) is 5.46. The number of phenolic OH excluding ortho intramolecular Hbond substituents is 2. The number of carbonyl (C=O) groups is 1. The predicted octanol–water partition coefficient (Wildman–Crippen LogP) is 3.85. The van der Waals surface area contributed by atoms with Crippen LogP contribution in [0.1, 0.15) is 47.9 Å². The van der Waals surface area contributed by atoms with E-state index in [9.17, 15) is 15.0 Å². The molecule has 0 saturated heterocycles. The maximum atomic E-state index is 13.2. The monoisotopic (exact) mass is 407 g/mol. The van der Waals surface area contributed by atoms with Gasteiger partial charge in [0.15, 0.2) is 0 Å². The Balaban J connectivity index is 1.76. The zero-order chi connectivity index (χ0) is 21.3. The molecule has 0 radical (unpaired) electrons. The number of fused-ring (bicyclic) bond motifs is 1. The molecule has 0 aliphatic carbocycles. The van der Waals surface area contributed by atoms with Crippen molar-refractivity contribution >= 4 is 5.91 Å². The number of nitrogens with one attached hydrogen (secondary N) is 1. The van der Waals surface area contributed by atoms with Crippen molar-refractivity contribution in [1.29, 1.82) is 0 Å². The highest BCUT2D eigenvalue weighted by atomic mass is 16.5. The van der Waals surface area contributed by atoms with Gasteiger partial charge in [0.25, 0.3) is 5.91 Å². The number of hydrogen-bond donors (Lipinski definition) is 3. The number of phenols is 2. The van der Waals surface area contributed by atoms with E-state index in [-0.39, 0.29) is 23.5 Å². The molecule has 1 aromatic heterocycles. The Bertz CT molecular complexity index is 1060. The second-order valence-electron chi connectivity index (χ2n) is 7.65. The van der Waals surface area contributed by atoms with Crippen LogP contribution in [0.3, 0.4) is 0 Å². The quantitative estimate of drug-likeness (QED) is 0.517. The minimum atomic E-state index is -0.424. The van der Waals surface area contributed by atoms with E-state index in [1.54, 1.807) is 41.3 Å². The van der Waals surface area contributed by atoms with Crippen LogP contribution < -0.4 is 0 Å². The van der Waals surface area contributed by atoms with Crippen LogP contribution in [0.2, 0.25) is 0 Å². The summed E-state index contributed by atoms with van der Waals surface area (Å²) in [5.74, 6) is 0.0684. The number of ether oxygens (including phenoxy) is 1. The van der Waals surface area contributed by atoms with Crippen LogP contribution in [-0.4, -0.2) is 50.5 Å². The number of aromatic hydroxyl groups is 2. The number of aromatic nitrogens is 2. The predicted molar refractivity (Wildman–Crippen MR) is 112 cm³/mol. The topological polar surface area (TPSA) is 98.7 Å². The van der Waals surface area contributed by atoms with Crippen molar-refractivity contribution in [3.63, 3.8) is 0 Å². The zero-order valence-electron chi connectivity index (χ0n) is 17.0. The number of benzene rings is 2. The van der Waals surface area contributed by atoms with Gasteiger partial charge in [-0.15, -0.1) is 0 Å². The van der Waals surface area contributed by atoms with Crippen molar-refractivity contribution in [3.8, 4) is 22.8 Å². The third-order valence-electron chi connectivity index (χ3n) is 5.20. The molecule has 4 rings (SSSR count). The summed E-state index contributed by atoms with van der Waals surface area (Å²) < 4.78 is 5.63. The van der Waals surface area contributed by atoms with Crippen molar-refractivity contribution < 1.29 is 19.7 Å². The van der Waals surface area contributed by atoms with Gasteiger partial charge in [-0.25, -0.2) is 0 Å².